The van der Waals surface area contributed by atoms with E-state index in [9.17, 15) is 4.79 Å². The minimum atomic E-state index is -0.118. The lowest BCUT2D eigenvalue weighted by atomic mass is 10.2. The zero-order chi connectivity index (χ0) is 18.7. The van der Waals surface area contributed by atoms with Crippen molar-refractivity contribution < 1.29 is 9.53 Å². The number of thioether (sulfide) groups is 1. The predicted molar refractivity (Wildman–Crippen MR) is 122 cm³/mol. The molecule has 0 bridgehead atoms. The van der Waals surface area contributed by atoms with Crippen molar-refractivity contribution in [2.24, 2.45) is 4.99 Å². The molecular weight excluding hydrogens is 463 g/mol. The van der Waals surface area contributed by atoms with Crippen molar-refractivity contribution in [3.63, 3.8) is 0 Å². The Morgan fingerprint density at radius 1 is 1.27 bits per heavy atom. The minimum Gasteiger partial charge on any atom is -0.484 e. The van der Waals surface area contributed by atoms with Crippen LogP contribution in [0.4, 0.5) is 0 Å². The van der Waals surface area contributed by atoms with Gasteiger partial charge < -0.3 is 20.7 Å². The largest absolute Gasteiger partial charge is 0.484 e. The first-order chi connectivity index (χ1) is 11.9. The van der Waals surface area contributed by atoms with Gasteiger partial charge in [0.1, 0.15) is 5.75 Å². The lowest BCUT2D eigenvalue weighted by Crippen LogP contribution is -2.42. The van der Waals surface area contributed by atoms with Gasteiger partial charge >= 0.3 is 0 Å². The molecule has 8 heteroatoms. The number of rotatable bonds is 9. The molecule has 0 aliphatic carbocycles. The van der Waals surface area contributed by atoms with E-state index in [0.29, 0.717) is 18.8 Å². The molecule has 148 valence electrons. The van der Waals surface area contributed by atoms with Gasteiger partial charge in [-0.1, -0.05) is 12.1 Å². The Kier molecular flexibility index (Phi) is 12.5. The van der Waals surface area contributed by atoms with Crippen LogP contribution in [-0.4, -0.2) is 49.6 Å². The number of halogens is 1. The summed E-state index contributed by atoms with van der Waals surface area (Å²) in [6, 6.07) is 7.68. The molecule has 1 rings (SSSR count). The number of carbonyl (C=O) groups excluding carboxylic acids is 1. The topological polar surface area (TPSA) is 74.8 Å². The third-order valence-corrected chi connectivity index (χ3v) is 4.81. The summed E-state index contributed by atoms with van der Waals surface area (Å²) in [6.45, 7) is 8.33. The number of likely N-dealkylation sites (N-methyl/N-ethyl adjacent to an activating group) is 1. The number of nitrogens with one attached hydrogen (secondary N) is 3. The molecule has 26 heavy (non-hydrogen) atoms. The molecule has 0 saturated heterocycles. The molecule has 0 aliphatic rings. The molecule has 1 aromatic rings. The fourth-order valence-corrected chi connectivity index (χ4v) is 2.13. The molecule has 0 unspecified atom stereocenters. The van der Waals surface area contributed by atoms with E-state index in [4.69, 9.17) is 4.74 Å². The molecule has 0 heterocycles. The van der Waals surface area contributed by atoms with Crippen LogP contribution < -0.4 is 20.7 Å². The van der Waals surface area contributed by atoms with Gasteiger partial charge in [-0.3, -0.25) is 9.79 Å². The number of ether oxygens (including phenoxy) is 1. The standard InChI is InChI=1S/C18H30N4O2S.HI/c1-6-20-16(23)12-24-15-9-7-8-14(10-15)11-21-17(19-4)22-13-18(2,3)25-5;/h7-10H,6,11-13H2,1-5H3,(H,20,23)(H2,19,21,22);1H. The van der Waals surface area contributed by atoms with E-state index >= 15 is 0 Å². The molecule has 0 atom stereocenters. The second kappa shape index (κ2) is 13.1. The van der Waals surface area contributed by atoms with Crippen LogP contribution in [0.15, 0.2) is 29.3 Å². The van der Waals surface area contributed by atoms with Crippen LogP contribution in [0.2, 0.25) is 0 Å². The molecule has 0 aliphatic heterocycles. The fourth-order valence-electron chi connectivity index (χ4n) is 1.92. The summed E-state index contributed by atoms with van der Waals surface area (Å²) < 4.78 is 5.66. The number of amides is 1. The molecule has 0 fully saturated rings. The van der Waals surface area contributed by atoms with Crippen molar-refractivity contribution >= 4 is 47.6 Å². The fraction of sp³-hybridized carbons (Fsp3) is 0.556. The molecule has 0 aromatic heterocycles. The van der Waals surface area contributed by atoms with Crippen LogP contribution in [0, 0.1) is 0 Å². The van der Waals surface area contributed by atoms with Crippen molar-refractivity contribution in [1.29, 1.82) is 0 Å². The summed E-state index contributed by atoms with van der Waals surface area (Å²) in [5.41, 5.74) is 1.06. The third kappa shape index (κ3) is 10.1. The number of benzene rings is 1. The van der Waals surface area contributed by atoms with E-state index in [1.165, 1.54) is 0 Å². The van der Waals surface area contributed by atoms with E-state index in [1.54, 1.807) is 7.05 Å². The van der Waals surface area contributed by atoms with Crippen molar-refractivity contribution in [1.82, 2.24) is 16.0 Å². The highest BCUT2D eigenvalue weighted by atomic mass is 127. The highest BCUT2D eigenvalue weighted by molar-refractivity contribution is 14.0. The van der Waals surface area contributed by atoms with Crippen LogP contribution in [0.3, 0.4) is 0 Å². The number of hydrogen-bond acceptors (Lipinski definition) is 4. The normalized spacial score (nSPS) is 11.3. The van der Waals surface area contributed by atoms with Gasteiger partial charge in [0, 0.05) is 31.4 Å². The summed E-state index contributed by atoms with van der Waals surface area (Å²) in [5, 5.41) is 9.33. The van der Waals surface area contributed by atoms with E-state index in [1.807, 2.05) is 43.0 Å². The molecule has 0 saturated carbocycles. The summed E-state index contributed by atoms with van der Waals surface area (Å²) in [7, 11) is 1.76. The van der Waals surface area contributed by atoms with Crippen molar-refractivity contribution in [3.8, 4) is 5.75 Å². The van der Waals surface area contributed by atoms with E-state index in [-0.39, 0.29) is 41.2 Å². The zero-order valence-electron chi connectivity index (χ0n) is 16.2. The monoisotopic (exact) mass is 494 g/mol. The first-order valence-electron chi connectivity index (χ1n) is 8.38. The van der Waals surface area contributed by atoms with Gasteiger partial charge in [-0.05, 0) is 44.7 Å². The van der Waals surface area contributed by atoms with Gasteiger partial charge in [-0.2, -0.15) is 11.8 Å². The summed E-state index contributed by atoms with van der Waals surface area (Å²) in [5.74, 6) is 1.32. The van der Waals surface area contributed by atoms with Crippen LogP contribution in [-0.2, 0) is 11.3 Å². The lowest BCUT2D eigenvalue weighted by molar-refractivity contribution is -0.122. The average molecular weight is 494 g/mol. The quantitative estimate of drug-likeness (QED) is 0.280. The molecule has 0 spiro atoms. The SMILES string of the molecule is CCNC(=O)COc1cccc(CNC(=NC)NCC(C)(C)SC)c1.I. The number of guanidine groups is 1. The molecule has 6 nitrogen and oxygen atoms in total. The zero-order valence-corrected chi connectivity index (χ0v) is 19.4. The average Bonchev–Trinajstić information content (AvgIpc) is 2.61. The van der Waals surface area contributed by atoms with Gasteiger partial charge in [0.25, 0.3) is 5.91 Å². The number of nitrogens with zero attached hydrogens (tertiary/aromatic N) is 1. The van der Waals surface area contributed by atoms with Gasteiger partial charge in [-0.25, -0.2) is 0 Å². The Morgan fingerprint density at radius 3 is 2.62 bits per heavy atom. The van der Waals surface area contributed by atoms with Gasteiger partial charge in [0.2, 0.25) is 0 Å². The smallest absolute Gasteiger partial charge is 0.257 e. The number of carbonyl (C=O) groups is 1. The maximum Gasteiger partial charge on any atom is 0.257 e. The molecular formula is C18H31IN4O2S. The Balaban J connectivity index is 0.00000625. The second-order valence-electron chi connectivity index (χ2n) is 6.13. The van der Waals surface area contributed by atoms with Crippen LogP contribution in [0.5, 0.6) is 5.75 Å². The Bertz CT molecular complexity index is 582. The Hall–Kier alpha value is -1.16. The van der Waals surface area contributed by atoms with Gasteiger partial charge in [0.15, 0.2) is 12.6 Å². The van der Waals surface area contributed by atoms with Crippen LogP contribution >= 0.6 is 35.7 Å². The third-order valence-electron chi connectivity index (χ3n) is 3.56. The highest BCUT2D eigenvalue weighted by Crippen LogP contribution is 2.19. The van der Waals surface area contributed by atoms with Crippen molar-refractivity contribution in [2.75, 3.05) is 33.0 Å². The molecule has 1 amide bonds. The van der Waals surface area contributed by atoms with Crippen molar-refractivity contribution in [3.05, 3.63) is 29.8 Å². The molecule has 3 N–H and O–H groups in total. The Morgan fingerprint density at radius 2 is 2.00 bits per heavy atom. The summed E-state index contributed by atoms with van der Waals surface area (Å²) >= 11 is 1.81. The summed E-state index contributed by atoms with van der Waals surface area (Å²) in [6.07, 6.45) is 2.10. The lowest BCUT2D eigenvalue weighted by Gasteiger charge is -2.23. The first-order valence-corrected chi connectivity index (χ1v) is 9.60. The van der Waals surface area contributed by atoms with E-state index < -0.39 is 0 Å². The maximum atomic E-state index is 11.5. The van der Waals surface area contributed by atoms with E-state index in [0.717, 1.165) is 18.1 Å². The van der Waals surface area contributed by atoms with E-state index in [2.05, 4.69) is 41.0 Å². The first kappa shape index (κ1) is 24.8. The van der Waals surface area contributed by atoms with Gasteiger partial charge in [-0.15, -0.1) is 24.0 Å². The van der Waals surface area contributed by atoms with Crippen LogP contribution in [0.1, 0.15) is 26.3 Å². The summed E-state index contributed by atoms with van der Waals surface area (Å²) in [4.78, 5) is 15.7. The van der Waals surface area contributed by atoms with Crippen LogP contribution in [0.25, 0.3) is 0 Å². The number of hydrogen-bond donors (Lipinski definition) is 3. The molecule has 1 aromatic carbocycles. The second-order valence-corrected chi connectivity index (χ2v) is 7.65. The van der Waals surface area contributed by atoms with Gasteiger partial charge in [0.05, 0.1) is 0 Å². The van der Waals surface area contributed by atoms with Crippen molar-refractivity contribution in [2.45, 2.75) is 32.1 Å². The highest BCUT2D eigenvalue weighted by Gasteiger charge is 2.16. The number of aliphatic imine (C=N–C) groups is 1. The molecule has 0 radical (unpaired) electrons. The Labute approximate surface area is 178 Å². The predicted octanol–water partition coefficient (Wildman–Crippen LogP) is 2.63. The minimum absolute atomic E-state index is 0. The maximum absolute atomic E-state index is 11.5.